The van der Waals surface area contributed by atoms with Gasteiger partial charge in [0.2, 0.25) is 0 Å². The molecule has 0 amide bonds. The van der Waals surface area contributed by atoms with Crippen molar-refractivity contribution >= 4 is 11.4 Å². The zero-order valence-corrected chi connectivity index (χ0v) is 14.5. The number of rotatable bonds is 4. The Hall–Kier alpha value is -2.08. The molecule has 1 aliphatic carbocycles. The van der Waals surface area contributed by atoms with E-state index in [1.165, 1.54) is 30.5 Å². The minimum atomic E-state index is -4.31. The van der Waals surface area contributed by atoms with E-state index in [9.17, 15) is 13.2 Å². The van der Waals surface area contributed by atoms with Crippen LogP contribution in [-0.2, 0) is 6.18 Å². The quantitative estimate of drug-likeness (QED) is 0.842. The fourth-order valence-electron chi connectivity index (χ4n) is 3.76. The zero-order valence-electron chi connectivity index (χ0n) is 14.5. The molecule has 0 unspecified atom stereocenters. The summed E-state index contributed by atoms with van der Waals surface area (Å²) in [5.41, 5.74) is 2.50. The van der Waals surface area contributed by atoms with Gasteiger partial charge in [0, 0.05) is 17.9 Å². The van der Waals surface area contributed by atoms with E-state index < -0.39 is 11.7 Å². The predicted octanol–water partition coefficient (Wildman–Crippen LogP) is 4.87. The van der Waals surface area contributed by atoms with Gasteiger partial charge >= 0.3 is 6.18 Å². The number of piperidine rings is 1. The van der Waals surface area contributed by atoms with E-state index in [4.69, 9.17) is 0 Å². The molecule has 1 aromatic heterocycles. The van der Waals surface area contributed by atoms with Crippen LogP contribution in [0, 0.1) is 0 Å². The zero-order chi connectivity index (χ0) is 18.1. The van der Waals surface area contributed by atoms with Crippen molar-refractivity contribution in [1.82, 2.24) is 10.3 Å². The summed E-state index contributed by atoms with van der Waals surface area (Å²) in [6, 6.07) is 7.86. The predicted molar refractivity (Wildman–Crippen MR) is 95.7 cm³/mol. The lowest BCUT2D eigenvalue weighted by atomic mass is 10.00. The number of aromatic nitrogens is 1. The molecule has 0 spiro atoms. The Morgan fingerprint density at radius 3 is 2.27 bits per heavy atom. The Balaban J connectivity index is 1.74. The number of nitrogens with zero attached hydrogens (tertiary/aromatic N) is 2. The van der Waals surface area contributed by atoms with Gasteiger partial charge in [-0.1, -0.05) is 0 Å². The topological polar surface area (TPSA) is 28.2 Å². The van der Waals surface area contributed by atoms with Crippen LogP contribution in [-0.4, -0.2) is 24.1 Å². The third-order valence-electron chi connectivity index (χ3n) is 5.26. The van der Waals surface area contributed by atoms with E-state index in [1.807, 2.05) is 12.4 Å². The molecule has 3 nitrogen and oxygen atoms in total. The first-order chi connectivity index (χ1) is 12.5. The highest BCUT2D eigenvalue weighted by Gasteiger charge is 2.33. The first-order valence-electron chi connectivity index (χ1n) is 9.15. The molecule has 2 aliphatic rings. The Kier molecular flexibility index (Phi) is 4.61. The van der Waals surface area contributed by atoms with Gasteiger partial charge in [0.15, 0.2) is 0 Å². The van der Waals surface area contributed by atoms with Crippen LogP contribution < -0.4 is 10.2 Å². The minimum Gasteiger partial charge on any atom is -0.337 e. The van der Waals surface area contributed by atoms with Crippen LogP contribution >= 0.6 is 0 Å². The summed E-state index contributed by atoms with van der Waals surface area (Å²) >= 11 is 0. The first kappa shape index (κ1) is 17.3. The van der Waals surface area contributed by atoms with Crippen LogP contribution in [0.2, 0.25) is 0 Å². The van der Waals surface area contributed by atoms with Gasteiger partial charge in [-0.3, -0.25) is 4.98 Å². The molecule has 1 saturated heterocycles. The summed E-state index contributed by atoms with van der Waals surface area (Å²) in [6.45, 7) is 1.83. The first-order valence-corrected chi connectivity index (χ1v) is 9.15. The number of hydrogen-bond acceptors (Lipinski definition) is 3. The molecule has 1 saturated carbocycles. The van der Waals surface area contributed by atoms with Gasteiger partial charge in [0.25, 0.3) is 0 Å². The molecule has 0 bridgehead atoms. The van der Waals surface area contributed by atoms with Crippen molar-refractivity contribution in [2.75, 3.05) is 18.0 Å². The number of nitrogens with one attached hydrogen (secondary N) is 1. The molecule has 1 aliphatic heterocycles. The monoisotopic (exact) mass is 361 g/mol. The molecule has 26 heavy (non-hydrogen) atoms. The van der Waals surface area contributed by atoms with Gasteiger partial charge in [0.1, 0.15) is 0 Å². The Morgan fingerprint density at radius 2 is 1.65 bits per heavy atom. The van der Waals surface area contributed by atoms with Crippen LogP contribution in [0.3, 0.4) is 0 Å². The average Bonchev–Trinajstić information content (AvgIpc) is 3.48. The second-order valence-electron chi connectivity index (χ2n) is 7.10. The number of benzene rings is 1. The van der Waals surface area contributed by atoms with E-state index in [0.29, 0.717) is 5.92 Å². The Morgan fingerprint density at radius 1 is 0.962 bits per heavy atom. The maximum absolute atomic E-state index is 12.9. The molecule has 6 heteroatoms. The number of pyridine rings is 1. The van der Waals surface area contributed by atoms with Gasteiger partial charge in [-0.25, -0.2) is 0 Å². The molecular weight excluding hydrogens is 339 g/mol. The summed E-state index contributed by atoms with van der Waals surface area (Å²) in [4.78, 5) is 6.53. The van der Waals surface area contributed by atoms with Crippen molar-refractivity contribution in [1.29, 1.82) is 0 Å². The Bertz CT molecular complexity index is 748. The fourth-order valence-corrected chi connectivity index (χ4v) is 3.76. The largest absolute Gasteiger partial charge is 0.416 e. The molecule has 0 atom stereocenters. The van der Waals surface area contributed by atoms with E-state index in [-0.39, 0.29) is 6.04 Å². The highest BCUT2D eigenvalue weighted by molar-refractivity contribution is 5.68. The molecule has 2 fully saturated rings. The maximum Gasteiger partial charge on any atom is 0.416 e. The third kappa shape index (κ3) is 3.56. The normalized spacial score (nSPS) is 18.7. The summed E-state index contributed by atoms with van der Waals surface area (Å²) in [5, 5.41) is 3.36. The van der Waals surface area contributed by atoms with Crippen LogP contribution in [0.1, 0.15) is 42.7 Å². The van der Waals surface area contributed by atoms with Gasteiger partial charge in [0.05, 0.1) is 17.4 Å². The third-order valence-corrected chi connectivity index (χ3v) is 5.26. The second kappa shape index (κ2) is 6.91. The van der Waals surface area contributed by atoms with E-state index in [1.54, 1.807) is 12.1 Å². The lowest BCUT2D eigenvalue weighted by Gasteiger charge is -2.37. The van der Waals surface area contributed by atoms with Gasteiger partial charge in [-0.2, -0.15) is 13.2 Å². The fraction of sp³-hybridized carbons (Fsp3) is 0.450. The standard InChI is InChI=1S/C20H22F3N3/c21-20(22,23)15-3-5-16(6-4-15)26(17-7-10-24-11-8-17)19-13-25-12-9-18(19)14-1-2-14/h3-6,9,12-14,17,24H,1-2,7-8,10-11H2. The smallest absolute Gasteiger partial charge is 0.337 e. The van der Waals surface area contributed by atoms with Crippen molar-refractivity contribution in [3.05, 3.63) is 53.9 Å². The number of anilines is 2. The number of hydrogen-bond donors (Lipinski definition) is 1. The van der Waals surface area contributed by atoms with Gasteiger partial charge in [-0.15, -0.1) is 0 Å². The van der Waals surface area contributed by atoms with Gasteiger partial charge in [-0.05, 0) is 80.6 Å². The Labute approximate surface area is 151 Å². The summed E-state index contributed by atoms with van der Waals surface area (Å²) in [6.07, 6.45) is 3.62. The maximum atomic E-state index is 12.9. The highest BCUT2D eigenvalue weighted by atomic mass is 19.4. The lowest BCUT2D eigenvalue weighted by Crippen LogP contribution is -2.41. The lowest BCUT2D eigenvalue weighted by molar-refractivity contribution is -0.137. The minimum absolute atomic E-state index is 0.259. The van der Waals surface area contributed by atoms with Crippen molar-refractivity contribution in [2.24, 2.45) is 0 Å². The highest BCUT2D eigenvalue weighted by Crippen LogP contribution is 2.46. The average molecular weight is 361 g/mol. The summed E-state index contributed by atoms with van der Waals surface area (Å²) < 4.78 is 38.8. The molecular formula is C20H22F3N3. The SMILES string of the molecule is FC(F)(F)c1ccc(N(c2cnccc2C2CC2)C2CCNCC2)cc1. The van der Waals surface area contributed by atoms with Crippen LogP contribution in [0.4, 0.5) is 24.5 Å². The molecule has 0 radical (unpaired) electrons. The van der Waals surface area contributed by atoms with E-state index >= 15 is 0 Å². The van der Waals surface area contributed by atoms with Crippen molar-refractivity contribution < 1.29 is 13.2 Å². The van der Waals surface area contributed by atoms with Gasteiger partial charge < -0.3 is 10.2 Å². The summed E-state index contributed by atoms with van der Waals surface area (Å²) in [7, 11) is 0. The molecule has 2 aromatic rings. The molecule has 2 heterocycles. The van der Waals surface area contributed by atoms with E-state index in [2.05, 4.69) is 21.3 Å². The van der Waals surface area contributed by atoms with Crippen LogP contribution in [0.25, 0.3) is 0 Å². The molecule has 4 rings (SSSR count). The second-order valence-corrected chi connectivity index (χ2v) is 7.10. The van der Waals surface area contributed by atoms with Crippen molar-refractivity contribution in [3.8, 4) is 0 Å². The van der Waals surface area contributed by atoms with Crippen LogP contribution in [0.15, 0.2) is 42.7 Å². The van der Waals surface area contributed by atoms with Crippen LogP contribution in [0.5, 0.6) is 0 Å². The summed E-state index contributed by atoms with van der Waals surface area (Å²) in [5.74, 6) is 0.548. The molecule has 1 N–H and O–H groups in total. The van der Waals surface area contributed by atoms with Crippen molar-refractivity contribution in [3.63, 3.8) is 0 Å². The molecule has 1 aromatic carbocycles. The number of halogens is 3. The molecule has 138 valence electrons. The van der Waals surface area contributed by atoms with Crippen molar-refractivity contribution in [2.45, 2.75) is 43.8 Å². The van der Waals surface area contributed by atoms with E-state index in [0.717, 1.165) is 37.3 Å². The number of alkyl halides is 3.